The topological polar surface area (TPSA) is 41.9 Å². The molecule has 3 aromatic heterocycles. The highest BCUT2D eigenvalue weighted by Crippen LogP contribution is 2.46. The maximum Gasteiger partial charge on any atom is 0.321 e. The Morgan fingerprint density at radius 1 is 0.481 bits per heavy atom. The Morgan fingerprint density at radius 3 is 1.79 bits per heavy atom. The molecular formula is C47H31BN4. The van der Waals surface area contributed by atoms with Crippen molar-refractivity contribution in [1.82, 2.24) is 15.0 Å². The fourth-order valence-electron chi connectivity index (χ4n) is 7.91. The molecule has 2 aliphatic rings. The summed E-state index contributed by atoms with van der Waals surface area (Å²) in [6.07, 6.45) is 14.0. The number of hydrogen-bond acceptors (Lipinski definition) is 4. The number of nitrogens with zero attached hydrogens (tertiary/aromatic N) is 4. The lowest BCUT2D eigenvalue weighted by atomic mass is 9.47. The molecule has 10 rings (SSSR count). The molecule has 0 fully saturated rings. The fraction of sp³-hybridized carbons (Fsp3) is 0. The quantitative estimate of drug-likeness (QED) is 0.172. The zero-order chi connectivity index (χ0) is 34.4. The van der Waals surface area contributed by atoms with Gasteiger partial charge in [-0.15, -0.1) is 0 Å². The van der Waals surface area contributed by atoms with Gasteiger partial charge >= 0.3 is 6.85 Å². The van der Waals surface area contributed by atoms with E-state index in [1.54, 1.807) is 0 Å². The summed E-state index contributed by atoms with van der Waals surface area (Å²) in [6, 6.07) is 49.9. The van der Waals surface area contributed by atoms with Crippen molar-refractivity contribution in [3.05, 3.63) is 194 Å². The zero-order valence-electron chi connectivity index (χ0n) is 28.3. The van der Waals surface area contributed by atoms with Gasteiger partial charge in [-0.05, 0) is 98.1 Å². The summed E-state index contributed by atoms with van der Waals surface area (Å²) in [4.78, 5) is 16.3. The standard InChI is InChI=1S/C47H31BN4/c1-3-10-32(11-4-1)41-19-20-42-43-18-17-34-14-9-25-51-46(34)47(43)52-31-37(21-22-48(52)45(42)44(41)33-12-5-2-6-13-33)40-27-38(35-15-7-23-49-29-35)26-39(28-40)36-16-8-24-50-30-36/h1-31H. The molecule has 0 radical (unpaired) electrons. The molecule has 8 aromatic rings. The van der Waals surface area contributed by atoms with Crippen LogP contribution in [-0.2, 0) is 0 Å². The third kappa shape index (κ3) is 5.06. The predicted molar refractivity (Wildman–Crippen MR) is 216 cm³/mol. The molecule has 2 aliphatic heterocycles. The maximum absolute atomic E-state index is 5.00. The first kappa shape index (κ1) is 30.0. The predicted octanol–water partition coefficient (Wildman–Crippen LogP) is 10.5. The minimum absolute atomic E-state index is 0.0583. The number of anilines is 1. The van der Waals surface area contributed by atoms with Gasteiger partial charge in [0, 0.05) is 53.1 Å². The Hall–Kier alpha value is -6.85. The number of rotatable bonds is 5. The van der Waals surface area contributed by atoms with Crippen LogP contribution in [-0.4, -0.2) is 21.8 Å². The van der Waals surface area contributed by atoms with Crippen molar-refractivity contribution in [3.8, 4) is 55.6 Å². The lowest BCUT2D eigenvalue weighted by Crippen LogP contribution is -2.50. The van der Waals surface area contributed by atoms with E-state index in [9.17, 15) is 0 Å². The summed E-state index contributed by atoms with van der Waals surface area (Å²) >= 11 is 0. The van der Waals surface area contributed by atoms with Crippen LogP contribution in [0.5, 0.6) is 0 Å². The summed E-state index contributed by atoms with van der Waals surface area (Å²) in [6.45, 7) is -0.0583. The van der Waals surface area contributed by atoms with Gasteiger partial charge in [0.25, 0.3) is 0 Å². The molecule has 4 nitrogen and oxygen atoms in total. The summed E-state index contributed by atoms with van der Waals surface area (Å²) in [5, 5.41) is 1.12. The summed E-state index contributed by atoms with van der Waals surface area (Å²) in [5.74, 6) is 2.38. The monoisotopic (exact) mass is 662 g/mol. The van der Waals surface area contributed by atoms with Gasteiger partial charge in [0.2, 0.25) is 0 Å². The highest BCUT2D eigenvalue weighted by atomic mass is 15.1. The molecule has 52 heavy (non-hydrogen) atoms. The van der Waals surface area contributed by atoms with Gasteiger partial charge in [0.05, 0.1) is 11.2 Å². The largest absolute Gasteiger partial charge is 0.381 e. The second-order valence-electron chi connectivity index (χ2n) is 13.3. The van der Waals surface area contributed by atoms with E-state index in [-0.39, 0.29) is 6.85 Å². The molecule has 0 saturated carbocycles. The fourth-order valence-corrected chi connectivity index (χ4v) is 7.91. The number of hydrogen-bond donors (Lipinski definition) is 0. The van der Waals surface area contributed by atoms with Crippen molar-refractivity contribution in [2.75, 3.05) is 4.81 Å². The number of pyridine rings is 3. The van der Waals surface area contributed by atoms with Crippen LogP contribution in [0.3, 0.4) is 0 Å². The molecule has 242 valence electrons. The van der Waals surface area contributed by atoms with E-state index >= 15 is 0 Å². The Morgan fingerprint density at radius 2 is 1.10 bits per heavy atom. The van der Waals surface area contributed by atoms with Crippen LogP contribution < -0.4 is 10.3 Å². The Kier molecular flexibility index (Phi) is 7.21. The van der Waals surface area contributed by atoms with E-state index in [0.717, 1.165) is 50.0 Å². The van der Waals surface area contributed by atoms with Crippen molar-refractivity contribution in [2.45, 2.75) is 0 Å². The smallest absolute Gasteiger partial charge is 0.321 e. The maximum atomic E-state index is 5.00. The van der Waals surface area contributed by atoms with Crippen LogP contribution in [0.15, 0.2) is 189 Å². The van der Waals surface area contributed by atoms with Crippen LogP contribution in [0, 0.1) is 0 Å². The Bertz CT molecular complexity index is 2620. The van der Waals surface area contributed by atoms with Gasteiger partial charge in [0.1, 0.15) is 0 Å². The summed E-state index contributed by atoms with van der Waals surface area (Å²) in [5.41, 5.74) is 17.3. The first-order valence-electron chi connectivity index (χ1n) is 17.6. The molecule has 5 heterocycles. The first-order chi connectivity index (χ1) is 25.8. The van der Waals surface area contributed by atoms with Crippen LogP contribution in [0.1, 0.15) is 5.56 Å². The summed E-state index contributed by atoms with van der Waals surface area (Å²) < 4.78 is 0. The van der Waals surface area contributed by atoms with E-state index in [1.807, 2.05) is 49.2 Å². The van der Waals surface area contributed by atoms with Crippen LogP contribution in [0.2, 0.25) is 0 Å². The average Bonchev–Trinajstić information content (AvgIpc) is 3.24. The van der Waals surface area contributed by atoms with E-state index in [0.29, 0.717) is 0 Å². The second kappa shape index (κ2) is 12.5. The van der Waals surface area contributed by atoms with Gasteiger partial charge in [-0.3, -0.25) is 15.0 Å². The van der Waals surface area contributed by atoms with Crippen molar-refractivity contribution in [1.29, 1.82) is 0 Å². The van der Waals surface area contributed by atoms with Crippen LogP contribution in [0.4, 0.5) is 5.69 Å². The number of fused-ring (bicyclic) bond motifs is 8. The number of benzene rings is 5. The molecule has 0 amide bonds. The van der Waals surface area contributed by atoms with Crippen molar-refractivity contribution in [3.63, 3.8) is 0 Å². The number of aromatic nitrogens is 3. The Balaban J connectivity index is 1.23. The van der Waals surface area contributed by atoms with Crippen molar-refractivity contribution in [2.24, 2.45) is 0 Å². The second-order valence-corrected chi connectivity index (χ2v) is 13.3. The molecular weight excluding hydrogens is 631 g/mol. The SMILES string of the molecule is C1=CC(c2cc(-c3cccnc3)cc(-c3cccnc3)c2)=CN2B1c1c(ccc(-c3ccccc3)c1-c1ccccc1)-c1ccc3cccnc3c12. The van der Waals surface area contributed by atoms with Gasteiger partial charge in [-0.1, -0.05) is 115 Å². The van der Waals surface area contributed by atoms with Gasteiger partial charge in [0.15, 0.2) is 0 Å². The minimum Gasteiger partial charge on any atom is -0.381 e. The van der Waals surface area contributed by atoms with E-state index in [2.05, 4.69) is 154 Å². The van der Waals surface area contributed by atoms with Crippen LogP contribution >= 0.6 is 0 Å². The molecule has 5 heteroatoms. The highest BCUT2D eigenvalue weighted by molar-refractivity contribution is 6.85. The van der Waals surface area contributed by atoms with E-state index in [1.165, 1.54) is 38.8 Å². The van der Waals surface area contributed by atoms with Crippen molar-refractivity contribution < 1.29 is 0 Å². The normalized spacial score (nSPS) is 13.0. The first-order valence-corrected chi connectivity index (χ1v) is 17.6. The molecule has 0 spiro atoms. The summed E-state index contributed by atoms with van der Waals surface area (Å²) in [7, 11) is 0. The molecule has 0 bridgehead atoms. The van der Waals surface area contributed by atoms with E-state index < -0.39 is 0 Å². The molecule has 0 aliphatic carbocycles. The van der Waals surface area contributed by atoms with Crippen LogP contribution in [0.25, 0.3) is 72.1 Å². The average molecular weight is 663 g/mol. The van der Waals surface area contributed by atoms with Gasteiger partial charge in [-0.25, -0.2) is 0 Å². The minimum atomic E-state index is -0.0583. The molecule has 0 atom stereocenters. The Labute approximate surface area is 303 Å². The molecule has 5 aromatic carbocycles. The van der Waals surface area contributed by atoms with E-state index in [4.69, 9.17) is 4.98 Å². The number of allylic oxidation sites excluding steroid dienone is 2. The van der Waals surface area contributed by atoms with Gasteiger partial charge < -0.3 is 4.81 Å². The third-order valence-corrected chi connectivity index (χ3v) is 10.3. The third-order valence-electron chi connectivity index (χ3n) is 10.3. The lowest BCUT2D eigenvalue weighted by molar-refractivity contribution is 1.32. The highest BCUT2D eigenvalue weighted by Gasteiger charge is 2.38. The molecule has 0 saturated heterocycles. The zero-order valence-corrected chi connectivity index (χ0v) is 28.3. The molecule has 0 N–H and O–H groups in total. The van der Waals surface area contributed by atoms with Gasteiger partial charge in [-0.2, -0.15) is 0 Å². The van der Waals surface area contributed by atoms with Crippen molar-refractivity contribution >= 4 is 34.5 Å². The lowest BCUT2D eigenvalue weighted by Gasteiger charge is -2.39. The molecule has 0 unspecified atom stereocenters.